The molecule has 25 heavy (non-hydrogen) atoms. The van der Waals surface area contributed by atoms with Crippen molar-refractivity contribution in [1.29, 1.82) is 0 Å². The highest BCUT2D eigenvalue weighted by atomic mass is 35.5. The Morgan fingerprint density at radius 2 is 2.00 bits per heavy atom. The first kappa shape index (κ1) is 18.2. The Morgan fingerprint density at radius 1 is 1.20 bits per heavy atom. The van der Waals surface area contributed by atoms with E-state index in [1.807, 2.05) is 5.38 Å². The van der Waals surface area contributed by atoms with Gasteiger partial charge in [0.25, 0.3) is 0 Å². The second-order valence-electron chi connectivity index (χ2n) is 5.52. The van der Waals surface area contributed by atoms with Crippen molar-refractivity contribution in [3.05, 3.63) is 81.4 Å². The number of benzene rings is 1. The lowest BCUT2D eigenvalue weighted by molar-refractivity contribution is 0.0891. The quantitative estimate of drug-likeness (QED) is 0.640. The van der Waals surface area contributed by atoms with Gasteiger partial charge >= 0.3 is 0 Å². The first-order valence-electron chi connectivity index (χ1n) is 7.40. The number of furan rings is 1. The lowest BCUT2D eigenvalue weighted by Crippen LogP contribution is -2.41. The molecule has 132 valence electrons. The summed E-state index contributed by atoms with van der Waals surface area (Å²) in [4.78, 5) is 0.620. The molecule has 5 nitrogen and oxygen atoms in total. The van der Waals surface area contributed by atoms with Crippen LogP contribution in [0.3, 0.4) is 0 Å². The first-order chi connectivity index (χ1) is 11.9. The van der Waals surface area contributed by atoms with E-state index in [4.69, 9.17) is 16.0 Å². The molecule has 1 atom stereocenters. The topological polar surface area (TPSA) is 79.5 Å². The van der Waals surface area contributed by atoms with Crippen LogP contribution in [0.15, 0.2) is 64.8 Å². The van der Waals surface area contributed by atoms with Crippen molar-refractivity contribution >= 4 is 33.0 Å². The lowest BCUT2D eigenvalue weighted by Gasteiger charge is -2.26. The van der Waals surface area contributed by atoms with E-state index < -0.39 is 15.6 Å². The van der Waals surface area contributed by atoms with Crippen LogP contribution in [0, 0.1) is 0 Å². The Kier molecular flexibility index (Phi) is 5.31. The fourth-order valence-corrected chi connectivity index (χ4v) is 4.75. The van der Waals surface area contributed by atoms with E-state index in [2.05, 4.69) is 4.72 Å². The van der Waals surface area contributed by atoms with E-state index in [-0.39, 0.29) is 12.3 Å². The molecule has 0 aliphatic rings. The normalized spacial score (nSPS) is 14.3. The van der Waals surface area contributed by atoms with E-state index in [0.29, 0.717) is 21.0 Å². The molecule has 0 spiro atoms. The summed E-state index contributed by atoms with van der Waals surface area (Å²) in [7, 11) is -3.69. The molecule has 0 bridgehead atoms. The minimum atomic E-state index is -3.69. The third-order valence-electron chi connectivity index (χ3n) is 3.78. The van der Waals surface area contributed by atoms with Crippen LogP contribution < -0.4 is 4.72 Å². The summed E-state index contributed by atoms with van der Waals surface area (Å²) in [5.74, 6) is -0.265. The average molecular weight is 398 g/mol. The minimum absolute atomic E-state index is 0.208. The second-order valence-corrected chi connectivity index (χ2v) is 8.68. The van der Waals surface area contributed by atoms with Gasteiger partial charge in [-0.3, -0.25) is 0 Å². The fourth-order valence-electron chi connectivity index (χ4n) is 2.43. The number of rotatable bonds is 7. The second kappa shape index (κ2) is 7.31. The Bertz CT molecular complexity index is 887. The number of thiophene rings is 1. The van der Waals surface area contributed by atoms with Crippen LogP contribution in [0.2, 0.25) is 5.02 Å². The summed E-state index contributed by atoms with van der Waals surface area (Å²) in [6.45, 7) is -0.208. The zero-order valence-corrected chi connectivity index (χ0v) is 15.4. The summed E-state index contributed by atoms with van der Waals surface area (Å²) in [6.07, 6.45) is 2.84. The minimum Gasteiger partial charge on any atom is -0.472 e. The van der Waals surface area contributed by atoms with Crippen LogP contribution in [0.1, 0.15) is 16.0 Å². The van der Waals surface area contributed by atoms with Crippen molar-refractivity contribution in [3.8, 4) is 0 Å². The molecule has 2 heterocycles. The summed E-state index contributed by atoms with van der Waals surface area (Å²) in [5.41, 5.74) is -0.524. The van der Waals surface area contributed by atoms with Gasteiger partial charge in [-0.15, -0.1) is 11.3 Å². The van der Waals surface area contributed by atoms with Gasteiger partial charge in [-0.25, -0.2) is 13.1 Å². The van der Waals surface area contributed by atoms with Crippen LogP contribution >= 0.6 is 22.9 Å². The predicted molar refractivity (Wildman–Crippen MR) is 98.1 cm³/mol. The Labute approximate surface area is 154 Å². The highest BCUT2D eigenvalue weighted by Gasteiger charge is 2.35. The van der Waals surface area contributed by atoms with Crippen LogP contribution in [-0.4, -0.2) is 20.1 Å². The van der Waals surface area contributed by atoms with Gasteiger partial charge < -0.3 is 9.52 Å². The third kappa shape index (κ3) is 4.13. The molecule has 0 fully saturated rings. The van der Waals surface area contributed by atoms with Crippen molar-refractivity contribution in [3.63, 3.8) is 0 Å². The molecule has 0 saturated heterocycles. The number of nitrogens with one attached hydrogen (secondary N) is 1. The molecule has 3 aromatic rings. The zero-order valence-electron chi connectivity index (χ0n) is 13.1. The van der Waals surface area contributed by atoms with Gasteiger partial charge in [0.2, 0.25) is 10.0 Å². The monoisotopic (exact) mass is 397 g/mol. The summed E-state index contributed by atoms with van der Waals surface area (Å²) < 4.78 is 32.4. The molecule has 1 aromatic carbocycles. The maximum Gasteiger partial charge on any atom is 0.215 e. The first-order valence-corrected chi connectivity index (χ1v) is 10.3. The molecule has 2 aromatic heterocycles. The van der Waals surface area contributed by atoms with Crippen LogP contribution in [0.5, 0.6) is 0 Å². The van der Waals surface area contributed by atoms with E-state index >= 15 is 0 Å². The molecule has 0 saturated carbocycles. The van der Waals surface area contributed by atoms with Crippen molar-refractivity contribution in [1.82, 2.24) is 4.72 Å². The molecular formula is C17H16ClNO4S2. The molecular weight excluding hydrogens is 382 g/mol. The summed E-state index contributed by atoms with van der Waals surface area (Å²) >= 11 is 7.37. The number of sulfonamides is 1. The van der Waals surface area contributed by atoms with Crippen molar-refractivity contribution in [2.45, 2.75) is 11.4 Å². The van der Waals surface area contributed by atoms with Crippen LogP contribution in [0.4, 0.5) is 0 Å². The number of halogens is 1. The SMILES string of the molecule is O=S(=O)(Cc1ccccc1Cl)NC[C@](O)(c1ccoc1)c1cccs1. The molecule has 0 aliphatic heterocycles. The number of hydrogen-bond acceptors (Lipinski definition) is 5. The Morgan fingerprint density at radius 3 is 2.64 bits per heavy atom. The number of aliphatic hydroxyl groups is 1. The molecule has 0 aliphatic carbocycles. The van der Waals surface area contributed by atoms with Crippen molar-refractivity contribution < 1.29 is 17.9 Å². The Balaban J connectivity index is 1.81. The molecule has 0 unspecified atom stereocenters. The molecule has 2 N–H and O–H groups in total. The van der Waals surface area contributed by atoms with E-state index in [0.717, 1.165) is 0 Å². The summed E-state index contributed by atoms with van der Waals surface area (Å²) in [5, 5.41) is 13.3. The van der Waals surface area contributed by atoms with E-state index in [1.165, 1.54) is 23.9 Å². The maximum atomic E-state index is 12.4. The smallest absolute Gasteiger partial charge is 0.215 e. The average Bonchev–Trinajstić information content (AvgIpc) is 3.28. The van der Waals surface area contributed by atoms with Crippen molar-refractivity contribution in [2.75, 3.05) is 6.54 Å². The van der Waals surface area contributed by atoms with E-state index in [1.54, 1.807) is 42.5 Å². The van der Waals surface area contributed by atoms with Gasteiger partial charge in [-0.2, -0.15) is 0 Å². The highest BCUT2D eigenvalue weighted by molar-refractivity contribution is 7.88. The van der Waals surface area contributed by atoms with Gasteiger partial charge in [0.1, 0.15) is 5.60 Å². The van der Waals surface area contributed by atoms with Gasteiger partial charge in [-0.05, 0) is 29.1 Å². The molecule has 8 heteroatoms. The maximum absolute atomic E-state index is 12.4. The molecule has 3 rings (SSSR count). The van der Waals surface area contributed by atoms with E-state index in [9.17, 15) is 13.5 Å². The molecule has 0 radical (unpaired) electrons. The van der Waals surface area contributed by atoms with Crippen LogP contribution in [0.25, 0.3) is 0 Å². The van der Waals surface area contributed by atoms with Gasteiger partial charge in [0.15, 0.2) is 0 Å². The standard InChI is InChI=1S/C17H16ClNO4S2/c18-15-5-2-1-4-13(15)11-25(21,22)19-12-17(20,14-7-8-23-10-14)16-6-3-9-24-16/h1-10,19-20H,11-12H2/t17-/m0/s1. The van der Waals surface area contributed by atoms with Gasteiger partial charge in [0.05, 0.1) is 18.3 Å². The summed E-state index contributed by atoms with van der Waals surface area (Å²) in [6, 6.07) is 11.9. The van der Waals surface area contributed by atoms with Gasteiger partial charge in [0, 0.05) is 22.0 Å². The molecule has 0 amide bonds. The third-order valence-corrected chi connectivity index (χ3v) is 6.44. The zero-order chi connectivity index (χ0) is 17.9. The van der Waals surface area contributed by atoms with Crippen LogP contribution in [-0.2, 0) is 21.4 Å². The largest absolute Gasteiger partial charge is 0.472 e. The Hall–Kier alpha value is -1.64. The van der Waals surface area contributed by atoms with Gasteiger partial charge in [-0.1, -0.05) is 35.9 Å². The highest BCUT2D eigenvalue weighted by Crippen LogP contribution is 2.33. The van der Waals surface area contributed by atoms with Crippen molar-refractivity contribution in [2.24, 2.45) is 0 Å². The number of hydrogen-bond donors (Lipinski definition) is 2. The predicted octanol–water partition coefficient (Wildman–Crippen LogP) is 3.35. The fraction of sp³-hybridized carbons (Fsp3) is 0.176. The lowest BCUT2D eigenvalue weighted by atomic mass is 9.95.